The number of aryl methyl sites for hydroxylation is 1. The molecule has 2 aliphatic rings. The SMILES string of the molecule is Cc1cc(C(C)Nc2ccccc2C(=O)O)c2nc(N3CC4(COC4)C3)n(C)c(=O)c2c1. The van der Waals surface area contributed by atoms with E-state index in [0.717, 1.165) is 37.4 Å². The van der Waals surface area contributed by atoms with Crippen molar-refractivity contribution in [2.45, 2.75) is 19.9 Å². The third-order valence-corrected chi connectivity index (χ3v) is 6.48. The fourth-order valence-corrected chi connectivity index (χ4v) is 4.74. The van der Waals surface area contributed by atoms with Gasteiger partial charge in [-0.25, -0.2) is 9.78 Å². The average Bonchev–Trinajstić information content (AvgIpc) is 2.69. The Morgan fingerprint density at radius 2 is 1.97 bits per heavy atom. The topological polar surface area (TPSA) is 96.7 Å². The van der Waals surface area contributed by atoms with Crippen LogP contribution in [0.5, 0.6) is 0 Å². The number of anilines is 2. The van der Waals surface area contributed by atoms with Crippen LogP contribution in [-0.2, 0) is 11.8 Å². The molecule has 0 saturated carbocycles. The molecule has 1 atom stereocenters. The zero-order valence-electron chi connectivity index (χ0n) is 18.4. The summed E-state index contributed by atoms with van der Waals surface area (Å²) in [6.07, 6.45) is 0. The Labute approximate surface area is 185 Å². The lowest BCUT2D eigenvalue weighted by Gasteiger charge is -2.55. The Bertz CT molecular complexity index is 1290. The number of carboxylic acids is 1. The van der Waals surface area contributed by atoms with Crippen LogP contribution in [0.25, 0.3) is 10.9 Å². The summed E-state index contributed by atoms with van der Waals surface area (Å²) in [4.78, 5) is 31.9. The normalized spacial score (nSPS) is 17.7. The van der Waals surface area contributed by atoms with E-state index in [1.54, 1.807) is 35.9 Å². The number of rotatable bonds is 5. The molecule has 8 nitrogen and oxygen atoms in total. The van der Waals surface area contributed by atoms with Crippen LogP contribution >= 0.6 is 0 Å². The van der Waals surface area contributed by atoms with Gasteiger partial charge in [0.25, 0.3) is 5.56 Å². The van der Waals surface area contributed by atoms with E-state index in [1.165, 1.54) is 0 Å². The maximum Gasteiger partial charge on any atom is 0.337 e. The van der Waals surface area contributed by atoms with Gasteiger partial charge in [0, 0.05) is 31.4 Å². The molecule has 1 spiro atoms. The number of benzene rings is 2. The largest absolute Gasteiger partial charge is 0.478 e. The minimum absolute atomic E-state index is 0.0844. The Kier molecular flexibility index (Phi) is 4.70. The molecule has 1 unspecified atom stereocenters. The lowest BCUT2D eigenvalue weighted by Crippen LogP contribution is -2.66. The first-order valence-corrected chi connectivity index (χ1v) is 10.7. The highest BCUT2D eigenvalue weighted by atomic mass is 16.5. The van der Waals surface area contributed by atoms with E-state index in [9.17, 15) is 14.7 Å². The number of carbonyl (C=O) groups is 1. The maximum atomic E-state index is 13.2. The molecule has 2 saturated heterocycles. The third kappa shape index (κ3) is 3.22. The molecule has 2 N–H and O–H groups in total. The van der Waals surface area contributed by atoms with Crippen LogP contribution in [0.4, 0.5) is 11.6 Å². The highest BCUT2D eigenvalue weighted by Crippen LogP contribution is 2.39. The van der Waals surface area contributed by atoms with Gasteiger partial charge in [0.1, 0.15) is 0 Å². The first kappa shape index (κ1) is 20.5. The molecule has 5 rings (SSSR count). The Hall–Kier alpha value is -3.39. The molecule has 0 bridgehead atoms. The lowest BCUT2D eigenvalue weighted by atomic mass is 9.78. The Morgan fingerprint density at radius 1 is 1.25 bits per heavy atom. The number of ether oxygens (including phenoxy) is 1. The molecule has 2 aliphatic heterocycles. The highest BCUT2D eigenvalue weighted by Gasteiger charge is 2.50. The first-order chi connectivity index (χ1) is 15.3. The van der Waals surface area contributed by atoms with Crippen molar-refractivity contribution in [2.24, 2.45) is 12.5 Å². The fraction of sp³-hybridized carbons (Fsp3) is 0.375. The van der Waals surface area contributed by atoms with Gasteiger partial charge >= 0.3 is 5.97 Å². The van der Waals surface area contributed by atoms with Crippen LogP contribution in [0.2, 0.25) is 0 Å². The number of hydrogen-bond acceptors (Lipinski definition) is 6. The van der Waals surface area contributed by atoms with Gasteiger partial charge < -0.3 is 20.1 Å². The minimum Gasteiger partial charge on any atom is -0.478 e. The maximum absolute atomic E-state index is 13.2. The highest BCUT2D eigenvalue weighted by molar-refractivity contribution is 5.94. The molecule has 1 aromatic heterocycles. The molecule has 0 radical (unpaired) electrons. The van der Waals surface area contributed by atoms with E-state index >= 15 is 0 Å². The third-order valence-electron chi connectivity index (χ3n) is 6.48. The molecule has 166 valence electrons. The van der Waals surface area contributed by atoms with Crippen LogP contribution in [0.3, 0.4) is 0 Å². The van der Waals surface area contributed by atoms with E-state index in [4.69, 9.17) is 9.72 Å². The van der Waals surface area contributed by atoms with E-state index in [-0.39, 0.29) is 22.6 Å². The van der Waals surface area contributed by atoms with Crippen LogP contribution in [-0.4, -0.2) is 46.9 Å². The summed E-state index contributed by atoms with van der Waals surface area (Å²) in [6.45, 7) is 7.10. The Balaban J connectivity index is 1.57. The molecule has 0 amide bonds. The second kappa shape index (κ2) is 7.34. The van der Waals surface area contributed by atoms with Crippen molar-refractivity contribution in [3.63, 3.8) is 0 Å². The van der Waals surface area contributed by atoms with Gasteiger partial charge in [-0.3, -0.25) is 9.36 Å². The summed E-state index contributed by atoms with van der Waals surface area (Å²) in [5, 5.41) is 13.4. The summed E-state index contributed by atoms with van der Waals surface area (Å²) in [5.41, 5.74) is 3.31. The van der Waals surface area contributed by atoms with Crippen molar-refractivity contribution in [3.05, 3.63) is 63.4 Å². The molecular weight excluding hydrogens is 408 g/mol. The van der Waals surface area contributed by atoms with Gasteiger partial charge in [-0.15, -0.1) is 0 Å². The van der Waals surface area contributed by atoms with Gasteiger partial charge in [0.15, 0.2) is 0 Å². The zero-order chi connectivity index (χ0) is 22.6. The number of para-hydroxylation sites is 1. The first-order valence-electron chi connectivity index (χ1n) is 10.7. The summed E-state index contributed by atoms with van der Waals surface area (Å²) in [5.74, 6) is -0.335. The van der Waals surface area contributed by atoms with Gasteiger partial charge in [0.2, 0.25) is 5.95 Å². The van der Waals surface area contributed by atoms with Gasteiger partial charge in [-0.05, 0) is 37.6 Å². The molecule has 0 aliphatic carbocycles. The van der Waals surface area contributed by atoms with Crippen molar-refractivity contribution >= 4 is 28.5 Å². The quantitative estimate of drug-likeness (QED) is 0.637. The number of nitrogens with one attached hydrogen (secondary N) is 1. The number of aromatic nitrogens is 2. The van der Waals surface area contributed by atoms with Crippen molar-refractivity contribution in [3.8, 4) is 0 Å². The summed E-state index contributed by atoms with van der Waals surface area (Å²) >= 11 is 0. The zero-order valence-corrected chi connectivity index (χ0v) is 18.4. The molecule has 3 heterocycles. The number of nitrogens with zero attached hydrogens (tertiary/aromatic N) is 3. The molecule has 3 aromatic rings. The van der Waals surface area contributed by atoms with Crippen LogP contribution < -0.4 is 15.8 Å². The van der Waals surface area contributed by atoms with Gasteiger partial charge in [0.05, 0.1) is 41.1 Å². The monoisotopic (exact) mass is 434 g/mol. The number of fused-ring (bicyclic) bond motifs is 1. The second-order valence-corrected chi connectivity index (χ2v) is 9.09. The van der Waals surface area contributed by atoms with Crippen molar-refractivity contribution in [1.82, 2.24) is 9.55 Å². The average molecular weight is 434 g/mol. The summed E-state index contributed by atoms with van der Waals surface area (Å²) in [7, 11) is 1.76. The minimum atomic E-state index is -0.990. The number of carboxylic acid groups (broad SMARTS) is 1. The van der Waals surface area contributed by atoms with Crippen LogP contribution in [0.1, 0.15) is 34.5 Å². The van der Waals surface area contributed by atoms with Crippen LogP contribution in [0, 0.1) is 12.3 Å². The van der Waals surface area contributed by atoms with Crippen molar-refractivity contribution in [1.29, 1.82) is 0 Å². The number of aromatic carboxylic acids is 1. The molecule has 32 heavy (non-hydrogen) atoms. The molecule has 8 heteroatoms. The lowest BCUT2D eigenvalue weighted by molar-refractivity contribution is -0.127. The van der Waals surface area contributed by atoms with E-state index in [2.05, 4.69) is 10.2 Å². The number of hydrogen-bond donors (Lipinski definition) is 2. The van der Waals surface area contributed by atoms with Crippen molar-refractivity contribution < 1.29 is 14.6 Å². The molecule has 2 fully saturated rings. The molecule has 2 aromatic carbocycles. The summed E-state index contributed by atoms with van der Waals surface area (Å²) in [6, 6.07) is 10.4. The van der Waals surface area contributed by atoms with E-state index in [0.29, 0.717) is 22.5 Å². The standard InChI is InChI=1S/C24H26N4O4/c1-14-8-17(15(2)25-19-7-5-4-6-16(19)22(30)31)20-18(9-14)21(29)27(3)23(26-20)28-10-24(11-28)12-32-13-24/h4-9,15,25H,10-13H2,1-3H3,(H,30,31). The molecular formula is C24H26N4O4. The summed E-state index contributed by atoms with van der Waals surface area (Å²) < 4.78 is 6.99. The van der Waals surface area contributed by atoms with Gasteiger partial charge in [-0.1, -0.05) is 18.2 Å². The fourth-order valence-electron chi connectivity index (χ4n) is 4.74. The second-order valence-electron chi connectivity index (χ2n) is 9.09. The predicted octanol–water partition coefficient (Wildman–Crippen LogP) is 2.95. The smallest absolute Gasteiger partial charge is 0.337 e. The van der Waals surface area contributed by atoms with Gasteiger partial charge in [-0.2, -0.15) is 0 Å². The van der Waals surface area contributed by atoms with E-state index < -0.39 is 5.97 Å². The van der Waals surface area contributed by atoms with E-state index in [1.807, 2.05) is 26.0 Å². The predicted molar refractivity (Wildman–Crippen MR) is 123 cm³/mol. The van der Waals surface area contributed by atoms with Crippen LogP contribution in [0.15, 0.2) is 41.2 Å². The van der Waals surface area contributed by atoms with Crippen molar-refractivity contribution in [2.75, 3.05) is 36.5 Å². The Morgan fingerprint density at radius 3 is 2.62 bits per heavy atom.